The van der Waals surface area contributed by atoms with Crippen LogP contribution in [0.15, 0.2) is 24.3 Å². The largest absolute Gasteiger partial charge is 0.388 e. The molecule has 1 aromatic rings. The van der Waals surface area contributed by atoms with E-state index in [0.29, 0.717) is 18.9 Å². The number of hydrogen-bond donors (Lipinski definition) is 2. The van der Waals surface area contributed by atoms with Crippen LogP contribution in [0.25, 0.3) is 0 Å². The summed E-state index contributed by atoms with van der Waals surface area (Å²) in [5.41, 5.74) is 1.42. The monoisotopic (exact) mass is 247 g/mol. The summed E-state index contributed by atoms with van der Waals surface area (Å²) >= 11 is 0. The van der Waals surface area contributed by atoms with Crippen molar-refractivity contribution in [1.82, 2.24) is 5.32 Å². The minimum Gasteiger partial charge on any atom is -0.388 e. The van der Waals surface area contributed by atoms with Crippen molar-refractivity contribution in [2.45, 2.75) is 38.7 Å². The predicted octanol–water partition coefficient (Wildman–Crippen LogP) is 1.81. The van der Waals surface area contributed by atoms with Crippen LogP contribution in [0.1, 0.15) is 30.9 Å². The highest BCUT2D eigenvalue weighted by Gasteiger charge is 2.39. The van der Waals surface area contributed by atoms with E-state index in [0.717, 1.165) is 24.0 Å². The van der Waals surface area contributed by atoms with Crippen LogP contribution in [0.4, 0.5) is 0 Å². The molecule has 0 aromatic heterocycles. The molecule has 2 rings (SSSR count). The van der Waals surface area contributed by atoms with Crippen molar-refractivity contribution in [3.63, 3.8) is 0 Å². The van der Waals surface area contributed by atoms with E-state index in [2.05, 4.69) is 5.32 Å². The molecule has 0 radical (unpaired) electrons. The number of rotatable bonds is 5. The van der Waals surface area contributed by atoms with Gasteiger partial charge in [-0.3, -0.25) is 4.79 Å². The van der Waals surface area contributed by atoms with Crippen LogP contribution >= 0.6 is 0 Å². The highest BCUT2D eigenvalue weighted by Crippen LogP contribution is 2.38. The van der Waals surface area contributed by atoms with Crippen LogP contribution in [0.5, 0.6) is 0 Å². The van der Waals surface area contributed by atoms with Crippen molar-refractivity contribution in [2.75, 3.05) is 6.54 Å². The number of nitrogens with one attached hydrogen (secondary N) is 1. The molecule has 3 heteroatoms. The number of aliphatic hydroxyl groups is 1. The maximum absolute atomic E-state index is 11.8. The van der Waals surface area contributed by atoms with Crippen LogP contribution in [0, 0.1) is 12.8 Å². The predicted molar refractivity (Wildman–Crippen MR) is 71.2 cm³/mol. The Balaban J connectivity index is 1.82. The van der Waals surface area contributed by atoms with Gasteiger partial charge in [-0.05, 0) is 38.2 Å². The first-order chi connectivity index (χ1) is 8.47. The summed E-state index contributed by atoms with van der Waals surface area (Å²) in [6.45, 7) is 4.17. The molecule has 18 heavy (non-hydrogen) atoms. The van der Waals surface area contributed by atoms with E-state index < -0.39 is 5.60 Å². The van der Waals surface area contributed by atoms with E-state index in [9.17, 15) is 9.90 Å². The van der Waals surface area contributed by atoms with Gasteiger partial charge in [0.25, 0.3) is 0 Å². The second-order valence-corrected chi connectivity index (χ2v) is 5.57. The van der Waals surface area contributed by atoms with Gasteiger partial charge in [0.1, 0.15) is 0 Å². The number of carbonyl (C=O) groups excluding carboxylic acids is 1. The molecule has 1 aliphatic carbocycles. The summed E-state index contributed by atoms with van der Waals surface area (Å²) in [6, 6.07) is 7.93. The zero-order valence-corrected chi connectivity index (χ0v) is 11.1. The van der Waals surface area contributed by atoms with Gasteiger partial charge in [-0.15, -0.1) is 0 Å². The minimum atomic E-state index is -0.748. The number of carbonyl (C=O) groups is 1. The normalized spacial score (nSPS) is 18.2. The third kappa shape index (κ3) is 3.57. The molecule has 2 N–H and O–H groups in total. The lowest BCUT2D eigenvalue weighted by atomic mass is 10.0. The summed E-state index contributed by atoms with van der Waals surface area (Å²) in [5, 5.41) is 12.9. The average molecular weight is 247 g/mol. The Morgan fingerprint density at radius 2 is 2.22 bits per heavy atom. The number of amides is 1. The smallest absolute Gasteiger partial charge is 0.224 e. The number of hydrogen-bond acceptors (Lipinski definition) is 2. The molecule has 0 heterocycles. The summed E-state index contributed by atoms with van der Waals surface area (Å²) in [7, 11) is 0. The zero-order chi connectivity index (χ0) is 13.2. The van der Waals surface area contributed by atoms with E-state index in [1.165, 1.54) is 0 Å². The Morgan fingerprint density at radius 3 is 2.83 bits per heavy atom. The standard InChI is InChI=1S/C15H21NO2/c1-11-4-3-5-12(8-11)9-14(17)16-10-15(2,18)13-6-7-13/h3-5,8,13,18H,6-7,9-10H2,1-2H3,(H,16,17). The summed E-state index contributed by atoms with van der Waals surface area (Å²) < 4.78 is 0. The Morgan fingerprint density at radius 1 is 1.50 bits per heavy atom. The lowest BCUT2D eigenvalue weighted by molar-refractivity contribution is -0.121. The molecular weight excluding hydrogens is 226 g/mol. The molecular formula is C15H21NO2. The maximum atomic E-state index is 11.8. The Bertz CT molecular complexity index is 436. The SMILES string of the molecule is Cc1cccc(CC(=O)NCC(C)(O)C2CC2)c1. The first kappa shape index (κ1) is 13.1. The van der Waals surface area contributed by atoms with Gasteiger partial charge in [0.15, 0.2) is 0 Å². The molecule has 0 spiro atoms. The second-order valence-electron chi connectivity index (χ2n) is 5.57. The first-order valence-corrected chi connectivity index (χ1v) is 6.52. The van der Waals surface area contributed by atoms with Crippen LogP contribution in [-0.2, 0) is 11.2 Å². The third-order valence-electron chi connectivity index (χ3n) is 3.55. The maximum Gasteiger partial charge on any atom is 0.224 e. The fourth-order valence-corrected chi connectivity index (χ4v) is 2.20. The zero-order valence-electron chi connectivity index (χ0n) is 11.1. The van der Waals surface area contributed by atoms with Crippen molar-refractivity contribution >= 4 is 5.91 Å². The second kappa shape index (κ2) is 5.11. The van der Waals surface area contributed by atoms with Crippen molar-refractivity contribution in [3.05, 3.63) is 35.4 Å². The number of benzene rings is 1. The summed E-state index contributed by atoms with van der Waals surface area (Å²) in [6.07, 6.45) is 2.52. The molecule has 0 aliphatic heterocycles. The van der Waals surface area contributed by atoms with E-state index in [1.54, 1.807) is 6.92 Å². The quantitative estimate of drug-likeness (QED) is 0.833. The highest BCUT2D eigenvalue weighted by atomic mass is 16.3. The van der Waals surface area contributed by atoms with E-state index in [-0.39, 0.29) is 5.91 Å². The van der Waals surface area contributed by atoms with Gasteiger partial charge in [-0.2, -0.15) is 0 Å². The van der Waals surface area contributed by atoms with Crippen LogP contribution in [0.3, 0.4) is 0 Å². The Kier molecular flexibility index (Phi) is 3.71. The molecule has 1 aliphatic rings. The molecule has 1 unspecified atom stereocenters. The first-order valence-electron chi connectivity index (χ1n) is 6.52. The fraction of sp³-hybridized carbons (Fsp3) is 0.533. The van der Waals surface area contributed by atoms with Gasteiger partial charge in [-0.25, -0.2) is 0 Å². The topological polar surface area (TPSA) is 49.3 Å². The fourth-order valence-electron chi connectivity index (χ4n) is 2.20. The molecule has 1 fully saturated rings. The summed E-state index contributed by atoms with van der Waals surface area (Å²) in [5.74, 6) is 0.332. The van der Waals surface area contributed by atoms with Gasteiger partial charge >= 0.3 is 0 Å². The minimum absolute atomic E-state index is 0.0264. The average Bonchev–Trinajstić information content (AvgIpc) is 3.10. The van der Waals surface area contributed by atoms with Gasteiger partial charge < -0.3 is 10.4 Å². The lowest BCUT2D eigenvalue weighted by Gasteiger charge is -2.23. The molecule has 0 saturated heterocycles. The lowest BCUT2D eigenvalue weighted by Crippen LogP contribution is -2.42. The third-order valence-corrected chi connectivity index (χ3v) is 3.55. The molecule has 1 atom stereocenters. The van der Waals surface area contributed by atoms with Gasteiger partial charge in [0.05, 0.1) is 12.0 Å². The van der Waals surface area contributed by atoms with Crippen molar-refractivity contribution in [2.24, 2.45) is 5.92 Å². The van der Waals surface area contributed by atoms with E-state index >= 15 is 0 Å². The summed E-state index contributed by atoms with van der Waals surface area (Å²) in [4.78, 5) is 11.8. The van der Waals surface area contributed by atoms with Crippen LogP contribution < -0.4 is 5.32 Å². The molecule has 98 valence electrons. The molecule has 1 amide bonds. The van der Waals surface area contributed by atoms with Crippen molar-refractivity contribution in [3.8, 4) is 0 Å². The highest BCUT2D eigenvalue weighted by molar-refractivity contribution is 5.78. The van der Waals surface area contributed by atoms with Crippen LogP contribution in [-0.4, -0.2) is 23.2 Å². The number of aryl methyl sites for hydroxylation is 1. The van der Waals surface area contributed by atoms with Crippen LogP contribution in [0.2, 0.25) is 0 Å². The Hall–Kier alpha value is -1.35. The van der Waals surface area contributed by atoms with Gasteiger partial charge in [0, 0.05) is 6.54 Å². The molecule has 0 bridgehead atoms. The Labute approximate surface area is 108 Å². The van der Waals surface area contributed by atoms with Gasteiger partial charge in [-0.1, -0.05) is 29.8 Å². The molecule has 1 saturated carbocycles. The van der Waals surface area contributed by atoms with Crippen molar-refractivity contribution < 1.29 is 9.90 Å². The molecule has 3 nitrogen and oxygen atoms in total. The molecule has 1 aromatic carbocycles. The van der Waals surface area contributed by atoms with Crippen molar-refractivity contribution in [1.29, 1.82) is 0 Å². The van der Waals surface area contributed by atoms with E-state index in [4.69, 9.17) is 0 Å². The van der Waals surface area contributed by atoms with Gasteiger partial charge in [0.2, 0.25) is 5.91 Å². The van der Waals surface area contributed by atoms with E-state index in [1.807, 2.05) is 31.2 Å².